The predicted octanol–water partition coefficient (Wildman–Crippen LogP) is 4.76. The van der Waals surface area contributed by atoms with E-state index in [0.29, 0.717) is 23.6 Å². The van der Waals surface area contributed by atoms with Crippen LogP contribution in [0.1, 0.15) is 79.8 Å². The highest BCUT2D eigenvalue weighted by molar-refractivity contribution is 6.06. The Morgan fingerprint density at radius 1 is 1.24 bits per heavy atom. The van der Waals surface area contributed by atoms with Crippen LogP contribution < -0.4 is 5.32 Å². The van der Waals surface area contributed by atoms with Gasteiger partial charge in [-0.1, -0.05) is 38.1 Å². The van der Waals surface area contributed by atoms with E-state index in [0.717, 1.165) is 40.9 Å². The second kappa shape index (κ2) is 8.10. The molecular weight excluding hydrogens is 416 g/mol. The van der Waals surface area contributed by atoms with Crippen LogP contribution in [0, 0.1) is 5.41 Å². The minimum Gasteiger partial charge on any atom is -0.345 e. The lowest BCUT2D eigenvalue weighted by Gasteiger charge is -2.18. The van der Waals surface area contributed by atoms with Gasteiger partial charge in [0.1, 0.15) is 12.7 Å². The third kappa shape index (κ3) is 4.51. The van der Waals surface area contributed by atoms with Crippen molar-refractivity contribution in [2.45, 2.75) is 58.9 Å². The zero-order valence-electron chi connectivity index (χ0n) is 19.4. The van der Waals surface area contributed by atoms with Crippen LogP contribution in [0.25, 0.3) is 16.8 Å². The van der Waals surface area contributed by atoms with Crippen LogP contribution in [-0.2, 0) is 6.42 Å². The summed E-state index contributed by atoms with van der Waals surface area (Å²) in [6.07, 6.45) is 6.04. The van der Waals surface area contributed by atoms with E-state index < -0.39 is 0 Å². The normalized spacial score (nSPS) is 15.0. The van der Waals surface area contributed by atoms with Gasteiger partial charge in [-0.3, -0.25) is 4.79 Å². The van der Waals surface area contributed by atoms with Gasteiger partial charge in [-0.15, -0.1) is 0 Å². The van der Waals surface area contributed by atoms with Gasteiger partial charge in [0, 0.05) is 11.6 Å². The van der Waals surface area contributed by atoms with E-state index in [2.05, 4.69) is 46.3 Å². The van der Waals surface area contributed by atoms with Crippen molar-refractivity contribution in [3.63, 3.8) is 0 Å². The third-order valence-corrected chi connectivity index (χ3v) is 5.90. The lowest BCUT2D eigenvalue weighted by molar-refractivity contribution is 0.0941. The maximum Gasteiger partial charge on any atom is 0.259 e. The Balaban J connectivity index is 1.43. The van der Waals surface area contributed by atoms with Crippen molar-refractivity contribution in [2.75, 3.05) is 0 Å². The molecule has 8 nitrogen and oxygen atoms in total. The first-order chi connectivity index (χ1) is 15.8. The average Bonchev–Trinajstić information content (AvgIpc) is 3.34. The van der Waals surface area contributed by atoms with Gasteiger partial charge in [0.25, 0.3) is 11.6 Å². The highest BCUT2D eigenvalue weighted by Gasteiger charge is 2.30. The Kier molecular flexibility index (Phi) is 5.23. The van der Waals surface area contributed by atoms with Gasteiger partial charge in [-0.25, -0.2) is 14.6 Å². The van der Waals surface area contributed by atoms with Crippen molar-refractivity contribution in [3.05, 3.63) is 65.5 Å². The van der Waals surface area contributed by atoms with Gasteiger partial charge in [0.2, 0.25) is 0 Å². The molecule has 3 aromatic heterocycles. The molecule has 0 aliphatic heterocycles. The third-order valence-electron chi connectivity index (χ3n) is 5.90. The minimum absolute atomic E-state index is 0.00580. The first kappa shape index (κ1) is 21.3. The molecule has 1 atom stereocenters. The number of carbonyl (C=O) groups excluding carboxylic acids is 1. The number of benzene rings is 1. The molecule has 1 fully saturated rings. The van der Waals surface area contributed by atoms with E-state index in [1.165, 1.54) is 6.33 Å². The van der Waals surface area contributed by atoms with Crippen LogP contribution in [-0.4, -0.2) is 30.8 Å². The lowest BCUT2D eigenvalue weighted by atomic mass is 9.89. The summed E-state index contributed by atoms with van der Waals surface area (Å²) in [5.74, 6) is 0.259. The maximum atomic E-state index is 13.5. The largest absolute Gasteiger partial charge is 0.345 e. The molecule has 0 radical (unpaired) electrons. The molecule has 33 heavy (non-hydrogen) atoms. The van der Waals surface area contributed by atoms with Crippen molar-refractivity contribution < 1.29 is 9.32 Å². The Morgan fingerprint density at radius 3 is 2.64 bits per heavy atom. The zero-order chi connectivity index (χ0) is 23.2. The smallest absolute Gasteiger partial charge is 0.259 e. The van der Waals surface area contributed by atoms with Crippen molar-refractivity contribution in [2.24, 2.45) is 5.41 Å². The number of hydrogen-bond donors (Lipinski definition) is 1. The standard InChI is InChI=1S/C25H28N6O2/c1-15(16-7-9-18(10-8-16)31-14-26-13-27-31)28-23(32)19-11-20(17-5-6-17)29-24-22(19)21(30-33-24)12-25(2,3)4/h7-11,13-15,17H,5-6,12H2,1-4H3,(H,28,32). The zero-order valence-corrected chi connectivity index (χ0v) is 19.4. The molecule has 5 rings (SSSR count). The second-order valence-corrected chi connectivity index (χ2v) is 10.0. The molecule has 0 spiro atoms. The summed E-state index contributed by atoms with van der Waals surface area (Å²) < 4.78 is 7.29. The number of aromatic nitrogens is 5. The number of pyridine rings is 1. The quantitative estimate of drug-likeness (QED) is 0.460. The molecule has 4 aromatic rings. The number of carbonyl (C=O) groups is 1. The molecule has 0 saturated heterocycles. The molecule has 170 valence electrons. The summed E-state index contributed by atoms with van der Waals surface area (Å²) in [5, 5.41) is 12.3. The van der Waals surface area contributed by atoms with Crippen molar-refractivity contribution in [3.8, 4) is 5.69 Å². The van der Waals surface area contributed by atoms with Gasteiger partial charge in [0.15, 0.2) is 0 Å². The number of nitrogens with one attached hydrogen (secondary N) is 1. The summed E-state index contributed by atoms with van der Waals surface area (Å²) in [5.41, 5.74) is 4.66. The van der Waals surface area contributed by atoms with Gasteiger partial charge < -0.3 is 9.84 Å². The molecular formula is C25H28N6O2. The summed E-state index contributed by atoms with van der Waals surface area (Å²) in [6, 6.07) is 9.65. The van der Waals surface area contributed by atoms with Gasteiger partial charge in [-0.05, 0) is 55.4 Å². The Morgan fingerprint density at radius 2 is 2.00 bits per heavy atom. The van der Waals surface area contributed by atoms with E-state index in [4.69, 9.17) is 4.52 Å². The fourth-order valence-corrected chi connectivity index (χ4v) is 4.03. The summed E-state index contributed by atoms with van der Waals surface area (Å²) in [6.45, 7) is 8.41. The Labute approximate surface area is 192 Å². The summed E-state index contributed by atoms with van der Waals surface area (Å²) in [4.78, 5) is 22.1. The van der Waals surface area contributed by atoms with Crippen LogP contribution in [0.5, 0.6) is 0 Å². The summed E-state index contributed by atoms with van der Waals surface area (Å²) >= 11 is 0. The Hall–Kier alpha value is -3.55. The van der Waals surface area contributed by atoms with Gasteiger partial charge >= 0.3 is 0 Å². The Bertz CT molecular complexity index is 1280. The van der Waals surface area contributed by atoms with Gasteiger partial charge in [0.05, 0.1) is 28.4 Å². The molecule has 8 heteroatoms. The number of hydrogen-bond acceptors (Lipinski definition) is 6. The number of nitrogens with zero attached hydrogens (tertiary/aromatic N) is 5. The monoisotopic (exact) mass is 444 g/mol. The number of fused-ring (bicyclic) bond motifs is 1. The molecule has 1 aromatic carbocycles. The number of amides is 1. The van der Waals surface area contributed by atoms with Crippen LogP contribution in [0.15, 0.2) is 47.5 Å². The van der Waals surface area contributed by atoms with E-state index in [1.807, 2.05) is 37.3 Å². The average molecular weight is 445 g/mol. The van der Waals surface area contributed by atoms with Crippen molar-refractivity contribution >= 4 is 17.0 Å². The van der Waals surface area contributed by atoms with E-state index in [-0.39, 0.29) is 17.4 Å². The van der Waals surface area contributed by atoms with Gasteiger partial charge in [-0.2, -0.15) is 5.10 Å². The molecule has 1 aliphatic carbocycles. The minimum atomic E-state index is -0.180. The fourth-order valence-electron chi connectivity index (χ4n) is 4.03. The van der Waals surface area contributed by atoms with Crippen LogP contribution in [0.3, 0.4) is 0 Å². The van der Waals surface area contributed by atoms with Crippen LogP contribution >= 0.6 is 0 Å². The maximum absolute atomic E-state index is 13.5. The van der Waals surface area contributed by atoms with Crippen LogP contribution in [0.4, 0.5) is 0 Å². The molecule has 3 heterocycles. The second-order valence-electron chi connectivity index (χ2n) is 10.0. The molecule has 1 saturated carbocycles. The van der Waals surface area contributed by atoms with Crippen LogP contribution in [0.2, 0.25) is 0 Å². The van der Waals surface area contributed by atoms with E-state index in [1.54, 1.807) is 11.0 Å². The number of rotatable bonds is 6. The molecule has 1 aliphatic rings. The molecule has 0 bridgehead atoms. The summed E-state index contributed by atoms with van der Waals surface area (Å²) in [7, 11) is 0. The van der Waals surface area contributed by atoms with E-state index >= 15 is 0 Å². The highest BCUT2D eigenvalue weighted by Crippen LogP contribution is 2.41. The SMILES string of the molecule is CC(NC(=O)c1cc(C2CC2)nc2onc(CC(C)(C)C)c12)c1ccc(-n2cncn2)cc1. The molecule has 1 amide bonds. The van der Waals surface area contributed by atoms with Crippen molar-refractivity contribution in [1.29, 1.82) is 0 Å². The first-order valence-electron chi connectivity index (χ1n) is 11.3. The predicted molar refractivity (Wildman–Crippen MR) is 124 cm³/mol. The van der Waals surface area contributed by atoms with E-state index in [9.17, 15) is 4.79 Å². The highest BCUT2D eigenvalue weighted by atomic mass is 16.5. The topological polar surface area (TPSA) is 98.7 Å². The fraction of sp³-hybridized carbons (Fsp3) is 0.400. The lowest BCUT2D eigenvalue weighted by Crippen LogP contribution is -2.27. The molecule has 1 N–H and O–H groups in total. The molecule has 1 unspecified atom stereocenters. The first-order valence-corrected chi connectivity index (χ1v) is 11.3. The van der Waals surface area contributed by atoms with Crippen molar-refractivity contribution in [1.82, 2.24) is 30.2 Å².